The van der Waals surface area contributed by atoms with Crippen molar-refractivity contribution in [3.63, 3.8) is 0 Å². The van der Waals surface area contributed by atoms with Gasteiger partial charge in [0.2, 0.25) is 0 Å². The molecule has 0 saturated heterocycles. The monoisotopic (exact) mass is 226 g/mol. The molecular weight excluding hydrogens is 208 g/mol. The maximum atomic E-state index is 5.86. The zero-order valence-corrected chi connectivity index (χ0v) is 10.4. The summed E-state index contributed by atoms with van der Waals surface area (Å²) in [7, 11) is 0. The van der Waals surface area contributed by atoms with Gasteiger partial charge in [0.1, 0.15) is 11.5 Å². The van der Waals surface area contributed by atoms with E-state index in [1.807, 2.05) is 18.2 Å². The van der Waals surface area contributed by atoms with Crippen LogP contribution in [0.5, 0.6) is 5.75 Å². The summed E-state index contributed by atoms with van der Waals surface area (Å²) < 4.78 is 5.86. The van der Waals surface area contributed by atoms with E-state index in [9.17, 15) is 0 Å². The van der Waals surface area contributed by atoms with Crippen molar-refractivity contribution in [2.75, 3.05) is 0 Å². The second kappa shape index (κ2) is 4.62. The Hall–Kier alpha value is -1.76. The molecule has 17 heavy (non-hydrogen) atoms. The zero-order valence-electron chi connectivity index (χ0n) is 10.4. The lowest BCUT2D eigenvalue weighted by Gasteiger charge is -2.30. The minimum absolute atomic E-state index is 0.338. The Morgan fingerprint density at radius 3 is 2.47 bits per heavy atom. The van der Waals surface area contributed by atoms with Gasteiger partial charge in [0.05, 0.1) is 0 Å². The number of ether oxygens (including phenoxy) is 1. The second-order valence-electron chi connectivity index (χ2n) is 4.59. The zero-order chi connectivity index (χ0) is 12.4. The Morgan fingerprint density at radius 1 is 1.18 bits per heavy atom. The third kappa shape index (κ3) is 1.93. The molecule has 0 aromatic heterocycles. The maximum Gasteiger partial charge on any atom is 0.131 e. The quantitative estimate of drug-likeness (QED) is 0.740. The molecular formula is C16H18O. The summed E-state index contributed by atoms with van der Waals surface area (Å²) in [5, 5.41) is 0. The first-order chi connectivity index (χ1) is 8.19. The van der Waals surface area contributed by atoms with Gasteiger partial charge in [0.25, 0.3) is 0 Å². The summed E-state index contributed by atoms with van der Waals surface area (Å²) in [5.74, 6) is 2.61. The molecule has 1 heteroatoms. The smallest absolute Gasteiger partial charge is 0.131 e. The van der Waals surface area contributed by atoms with Crippen molar-refractivity contribution >= 4 is 0 Å². The van der Waals surface area contributed by atoms with Crippen LogP contribution in [0, 0.1) is 5.92 Å². The molecule has 1 atom stereocenters. The summed E-state index contributed by atoms with van der Waals surface area (Å²) in [6, 6.07) is 8.18. The van der Waals surface area contributed by atoms with Crippen LogP contribution >= 0.6 is 0 Å². The third-order valence-electron chi connectivity index (χ3n) is 3.17. The van der Waals surface area contributed by atoms with E-state index >= 15 is 0 Å². The number of allylic oxidation sites excluding steroid dienone is 3. The van der Waals surface area contributed by atoms with Gasteiger partial charge >= 0.3 is 0 Å². The fourth-order valence-corrected chi connectivity index (χ4v) is 2.43. The first-order valence-corrected chi connectivity index (χ1v) is 5.94. The standard InChI is InChI=1S/C16H18O/c1-5-12-14(6-2)17-15-10-8-7-9-13(15)16(12)11(3)4/h5-11,16H,1-2H2,3-4H3. The van der Waals surface area contributed by atoms with Gasteiger partial charge in [0, 0.05) is 17.1 Å². The molecule has 0 fully saturated rings. The van der Waals surface area contributed by atoms with Crippen molar-refractivity contribution in [2.45, 2.75) is 19.8 Å². The van der Waals surface area contributed by atoms with E-state index in [-0.39, 0.29) is 0 Å². The molecule has 0 N–H and O–H groups in total. The lowest BCUT2D eigenvalue weighted by atomic mass is 9.80. The molecule has 2 rings (SSSR count). The highest BCUT2D eigenvalue weighted by Gasteiger charge is 2.28. The van der Waals surface area contributed by atoms with Crippen molar-refractivity contribution in [1.29, 1.82) is 0 Å². The molecule has 1 nitrogen and oxygen atoms in total. The Bertz CT molecular complexity index is 480. The van der Waals surface area contributed by atoms with Crippen molar-refractivity contribution in [3.05, 3.63) is 66.5 Å². The lowest BCUT2D eigenvalue weighted by Crippen LogP contribution is -2.17. The molecule has 1 unspecified atom stereocenters. The summed E-state index contributed by atoms with van der Waals surface area (Å²) in [4.78, 5) is 0. The van der Waals surface area contributed by atoms with Gasteiger partial charge in [0.15, 0.2) is 0 Å². The van der Waals surface area contributed by atoms with Crippen LogP contribution in [0.15, 0.2) is 60.9 Å². The SMILES string of the molecule is C=CC1=C(C=C)C(C(C)C)c2ccccc2O1. The van der Waals surface area contributed by atoms with E-state index in [0.717, 1.165) is 17.1 Å². The molecule has 1 aliphatic heterocycles. The van der Waals surface area contributed by atoms with Crippen LogP contribution in [0.3, 0.4) is 0 Å². The van der Waals surface area contributed by atoms with Gasteiger partial charge in [-0.2, -0.15) is 0 Å². The van der Waals surface area contributed by atoms with Gasteiger partial charge in [-0.25, -0.2) is 0 Å². The molecule has 88 valence electrons. The molecule has 1 heterocycles. The van der Waals surface area contributed by atoms with E-state index in [1.165, 1.54) is 5.56 Å². The number of fused-ring (bicyclic) bond motifs is 1. The van der Waals surface area contributed by atoms with E-state index in [1.54, 1.807) is 6.08 Å². The number of rotatable bonds is 3. The first-order valence-electron chi connectivity index (χ1n) is 5.94. The van der Waals surface area contributed by atoms with E-state index in [0.29, 0.717) is 11.8 Å². The average Bonchev–Trinajstić information content (AvgIpc) is 2.35. The Morgan fingerprint density at radius 2 is 1.88 bits per heavy atom. The van der Waals surface area contributed by atoms with Crippen molar-refractivity contribution in [2.24, 2.45) is 5.92 Å². The Labute approximate surface area is 103 Å². The molecule has 0 bridgehead atoms. The highest BCUT2D eigenvalue weighted by Crippen LogP contribution is 2.43. The topological polar surface area (TPSA) is 9.23 Å². The van der Waals surface area contributed by atoms with Crippen LogP contribution in [0.2, 0.25) is 0 Å². The molecule has 0 spiro atoms. The summed E-state index contributed by atoms with van der Waals surface area (Å²) in [6.45, 7) is 12.2. The lowest BCUT2D eigenvalue weighted by molar-refractivity contribution is 0.391. The van der Waals surface area contributed by atoms with Crippen LogP contribution in [0.25, 0.3) is 0 Å². The van der Waals surface area contributed by atoms with Gasteiger partial charge in [-0.3, -0.25) is 0 Å². The minimum Gasteiger partial charge on any atom is -0.457 e. The third-order valence-corrected chi connectivity index (χ3v) is 3.17. The minimum atomic E-state index is 0.338. The van der Waals surface area contributed by atoms with Gasteiger partial charge in [-0.15, -0.1) is 0 Å². The fourth-order valence-electron chi connectivity index (χ4n) is 2.43. The highest BCUT2D eigenvalue weighted by molar-refractivity contribution is 5.50. The van der Waals surface area contributed by atoms with E-state index in [4.69, 9.17) is 4.74 Å². The predicted molar refractivity (Wildman–Crippen MR) is 72.1 cm³/mol. The number of hydrogen-bond donors (Lipinski definition) is 0. The summed E-state index contributed by atoms with van der Waals surface area (Å²) in [6.07, 6.45) is 3.65. The molecule has 0 aliphatic carbocycles. The van der Waals surface area contributed by atoms with Crippen molar-refractivity contribution < 1.29 is 4.74 Å². The van der Waals surface area contributed by atoms with Crippen LogP contribution in [0.4, 0.5) is 0 Å². The molecule has 0 amide bonds. The fraction of sp³-hybridized carbons (Fsp3) is 0.250. The Balaban J connectivity index is 2.61. The predicted octanol–water partition coefficient (Wildman–Crippen LogP) is 4.44. The summed E-state index contributed by atoms with van der Waals surface area (Å²) >= 11 is 0. The first kappa shape index (κ1) is 11.7. The maximum absolute atomic E-state index is 5.86. The van der Waals surface area contributed by atoms with Gasteiger partial charge in [-0.1, -0.05) is 51.3 Å². The number of hydrogen-bond acceptors (Lipinski definition) is 1. The molecule has 1 aromatic carbocycles. The molecule has 1 aromatic rings. The molecule has 1 aliphatic rings. The average molecular weight is 226 g/mol. The van der Waals surface area contributed by atoms with Crippen LogP contribution in [-0.2, 0) is 0 Å². The molecule has 0 saturated carbocycles. The van der Waals surface area contributed by atoms with Gasteiger partial charge < -0.3 is 4.74 Å². The number of para-hydroxylation sites is 1. The summed E-state index contributed by atoms with van der Waals surface area (Å²) in [5.41, 5.74) is 2.37. The normalized spacial score (nSPS) is 18.6. The highest BCUT2D eigenvalue weighted by atomic mass is 16.5. The molecule has 0 radical (unpaired) electrons. The van der Waals surface area contributed by atoms with Gasteiger partial charge in [-0.05, 0) is 18.1 Å². The number of benzene rings is 1. The largest absolute Gasteiger partial charge is 0.457 e. The van der Waals surface area contributed by atoms with E-state index < -0.39 is 0 Å². The second-order valence-corrected chi connectivity index (χ2v) is 4.59. The Kier molecular flexibility index (Phi) is 3.19. The van der Waals surface area contributed by atoms with Crippen LogP contribution in [-0.4, -0.2) is 0 Å². The van der Waals surface area contributed by atoms with Crippen molar-refractivity contribution in [3.8, 4) is 5.75 Å². The van der Waals surface area contributed by atoms with E-state index in [2.05, 4.69) is 39.1 Å². The van der Waals surface area contributed by atoms with Crippen LogP contribution < -0.4 is 4.74 Å². The van der Waals surface area contributed by atoms with Crippen molar-refractivity contribution in [1.82, 2.24) is 0 Å². The van der Waals surface area contributed by atoms with Crippen LogP contribution in [0.1, 0.15) is 25.3 Å².